The predicted molar refractivity (Wildman–Crippen MR) is 98.9 cm³/mol. The topological polar surface area (TPSA) is 44.1 Å². The zero-order chi connectivity index (χ0) is 18.4. The second-order valence-corrected chi connectivity index (χ2v) is 7.39. The summed E-state index contributed by atoms with van der Waals surface area (Å²) < 4.78 is 31.5. The van der Waals surface area contributed by atoms with Crippen molar-refractivity contribution in [3.8, 4) is 5.75 Å². The summed E-state index contributed by atoms with van der Waals surface area (Å²) >= 11 is 1.50. The zero-order valence-electron chi connectivity index (χ0n) is 14.3. The van der Waals surface area contributed by atoms with Gasteiger partial charge in [-0.3, -0.25) is 9.36 Å². The van der Waals surface area contributed by atoms with Crippen molar-refractivity contribution in [2.45, 2.75) is 33.4 Å². The highest BCUT2D eigenvalue weighted by Gasteiger charge is 2.23. The number of allylic oxidation sites excluding steroid dienone is 1. The molecule has 3 aromatic rings. The first-order valence-electron chi connectivity index (χ1n) is 8.21. The third kappa shape index (κ3) is 2.72. The molecule has 1 aliphatic rings. The molecule has 0 fully saturated rings. The molecule has 0 spiro atoms. The number of hydrogen-bond acceptors (Lipinski definition) is 4. The number of nitrogens with zero attached hydrogens (tertiary/aromatic N) is 2. The summed E-state index contributed by atoms with van der Waals surface area (Å²) in [6.07, 6.45) is 2.41. The van der Waals surface area contributed by atoms with Crippen molar-refractivity contribution in [1.29, 1.82) is 0 Å². The van der Waals surface area contributed by atoms with Gasteiger partial charge < -0.3 is 4.74 Å². The lowest BCUT2D eigenvalue weighted by Gasteiger charge is -2.08. The van der Waals surface area contributed by atoms with Crippen molar-refractivity contribution in [2.24, 2.45) is 0 Å². The number of aryl methyl sites for hydroxylation is 2. The molecule has 4 nitrogen and oxygen atoms in total. The van der Waals surface area contributed by atoms with Gasteiger partial charge in [0.1, 0.15) is 16.4 Å². The molecule has 0 radical (unpaired) electrons. The van der Waals surface area contributed by atoms with Crippen LogP contribution in [0.2, 0.25) is 0 Å². The van der Waals surface area contributed by atoms with Crippen molar-refractivity contribution in [3.63, 3.8) is 0 Å². The molecule has 4 rings (SSSR count). The second-order valence-electron chi connectivity index (χ2n) is 6.19. The lowest BCUT2D eigenvalue weighted by Crippen LogP contribution is -2.20. The molecule has 0 amide bonds. The molecule has 0 unspecified atom stereocenters. The maximum atomic E-state index is 12.8. The maximum Gasteiger partial charge on any atom is 0.387 e. The molecule has 3 heterocycles. The van der Waals surface area contributed by atoms with Crippen molar-refractivity contribution in [1.82, 2.24) is 9.55 Å². The number of benzene rings is 1. The van der Waals surface area contributed by atoms with Crippen molar-refractivity contribution < 1.29 is 13.5 Å². The molecule has 0 atom stereocenters. The average molecular weight is 374 g/mol. The van der Waals surface area contributed by atoms with Crippen LogP contribution in [0.5, 0.6) is 5.75 Å². The Morgan fingerprint density at radius 3 is 2.85 bits per heavy atom. The first kappa shape index (κ1) is 16.9. The van der Waals surface area contributed by atoms with Gasteiger partial charge in [0.05, 0.1) is 5.39 Å². The van der Waals surface area contributed by atoms with Gasteiger partial charge in [-0.25, -0.2) is 4.98 Å². The molecule has 1 aromatic carbocycles. The van der Waals surface area contributed by atoms with Crippen LogP contribution in [-0.4, -0.2) is 16.2 Å². The Bertz CT molecular complexity index is 1100. The summed E-state index contributed by atoms with van der Waals surface area (Å²) in [5.74, 6) is 0.718. The summed E-state index contributed by atoms with van der Waals surface area (Å²) in [4.78, 5) is 19.3. The highest BCUT2D eigenvalue weighted by molar-refractivity contribution is 7.18. The second kappa shape index (κ2) is 6.32. The fourth-order valence-electron chi connectivity index (χ4n) is 3.25. The fraction of sp³-hybridized carbons (Fsp3) is 0.263. The van der Waals surface area contributed by atoms with Crippen LogP contribution in [0, 0.1) is 13.8 Å². The van der Waals surface area contributed by atoms with E-state index in [1.807, 2.05) is 13.8 Å². The van der Waals surface area contributed by atoms with E-state index < -0.39 is 6.61 Å². The molecular weight excluding hydrogens is 358 g/mol. The molecule has 0 aliphatic carbocycles. The summed E-state index contributed by atoms with van der Waals surface area (Å²) in [5, 5.41) is 0.680. The van der Waals surface area contributed by atoms with Gasteiger partial charge in [-0.15, -0.1) is 11.3 Å². The van der Waals surface area contributed by atoms with Crippen LogP contribution in [-0.2, 0) is 6.54 Å². The molecule has 0 N–H and O–H groups in total. The van der Waals surface area contributed by atoms with Crippen molar-refractivity contribution >= 4 is 33.2 Å². The molecule has 2 aromatic heterocycles. The Kier molecular flexibility index (Phi) is 4.11. The van der Waals surface area contributed by atoms with Crippen LogP contribution >= 0.6 is 11.3 Å². The van der Waals surface area contributed by atoms with Crippen LogP contribution in [0.25, 0.3) is 21.9 Å². The standard InChI is InChI=1S/C19H16F2N2O2S/c1-10-11(2)26-17-15(10)18(24)23-8-7-13(16(23)22-17)9-12-5-3-4-6-14(12)25-19(20)21/h3-6,9,19H,7-8H2,1-2H3. The molecule has 7 heteroatoms. The smallest absolute Gasteiger partial charge is 0.387 e. The van der Waals surface area contributed by atoms with E-state index in [-0.39, 0.29) is 11.3 Å². The van der Waals surface area contributed by atoms with E-state index in [0.29, 0.717) is 29.7 Å². The minimum Gasteiger partial charge on any atom is -0.434 e. The van der Waals surface area contributed by atoms with Gasteiger partial charge in [0, 0.05) is 17.0 Å². The quantitative estimate of drug-likeness (QED) is 0.672. The van der Waals surface area contributed by atoms with E-state index >= 15 is 0 Å². The fourth-order valence-corrected chi connectivity index (χ4v) is 4.27. The third-order valence-electron chi connectivity index (χ3n) is 4.65. The number of thiophene rings is 1. The minimum atomic E-state index is -2.89. The Morgan fingerprint density at radius 1 is 1.31 bits per heavy atom. The minimum absolute atomic E-state index is 0.0348. The molecule has 26 heavy (non-hydrogen) atoms. The molecular formula is C19H16F2N2O2S. The van der Waals surface area contributed by atoms with Gasteiger partial charge in [0.2, 0.25) is 0 Å². The Balaban J connectivity index is 1.85. The number of ether oxygens (including phenoxy) is 1. The van der Waals surface area contributed by atoms with Gasteiger partial charge in [-0.2, -0.15) is 8.78 Å². The molecule has 0 saturated carbocycles. The van der Waals surface area contributed by atoms with Crippen LogP contribution in [0.1, 0.15) is 28.2 Å². The number of aromatic nitrogens is 2. The number of halogens is 2. The molecule has 134 valence electrons. The number of alkyl halides is 2. The van der Waals surface area contributed by atoms with Crippen LogP contribution in [0.15, 0.2) is 29.1 Å². The predicted octanol–water partition coefficient (Wildman–Crippen LogP) is 4.62. The SMILES string of the molecule is Cc1sc2nc3n(c(=O)c2c1C)CCC3=Cc1ccccc1OC(F)F. The monoisotopic (exact) mass is 374 g/mol. The normalized spacial score (nSPS) is 15.2. The Labute approximate surface area is 152 Å². The van der Waals surface area contributed by atoms with E-state index in [0.717, 1.165) is 20.8 Å². The van der Waals surface area contributed by atoms with Crippen LogP contribution in [0.3, 0.4) is 0 Å². The largest absolute Gasteiger partial charge is 0.434 e. The maximum absolute atomic E-state index is 12.8. The molecule has 0 bridgehead atoms. The van der Waals surface area contributed by atoms with E-state index in [1.165, 1.54) is 17.4 Å². The van der Waals surface area contributed by atoms with Gasteiger partial charge in [0.15, 0.2) is 0 Å². The van der Waals surface area contributed by atoms with Crippen molar-refractivity contribution in [3.05, 3.63) is 56.4 Å². The lowest BCUT2D eigenvalue weighted by molar-refractivity contribution is -0.0499. The van der Waals surface area contributed by atoms with Gasteiger partial charge >= 0.3 is 6.61 Å². The molecule has 1 aliphatic heterocycles. The summed E-state index contributed by atoms with van der Waals surface area (Å²) in [5.41, 5.74) is 2.33. The summed E-state index contributed by atoms with van der Waals surface area (Å²) in [6, 6.07) is 6.62. The van der Waals surface area contributed by atoms with Gasteiger partial charge in [-0.05, 0) is 43.5 Å². The number of fused-ring (bicyclic) bond motifs is 2. The highest BCUT2D eigenvalue weighted by atomic mass is 32.1. The summed E-state index contributed by atoms with van der Waals surface area (Å²) in [6.45, 7) is 1.57. The van der Waals surface area contributed by atoms with Gasteiger partial charge in [0.25, 0.3) is 5.56 Å². The van der Waals surface area contributed by atoms with Gasteiger partial charge in [-0.1, -0.05) is 18.2 Å². The van der Waals surface area contributed by atoms with E-state index in [9.17, 15) is 13.6 Å². The van der Waals surface area contributed by atoms with Crippen LogP contribution in [0.4, 0.5) is 8.78 Å². The van der Waals surface area contributed by atoms with Crippen LogP contribution < -0.4 is 10.3 Å². The Morgan fingerprint density at radius 2 is 2.08 bits per heavy atom. The first-order chi connectivity index (χ1) is 12.5. The number of para-hydroxylation sites is 1. The highest BCUT2D eigenvalue weighted by Crippen LogP contribution is 2.33. The van der Waals surface area contributed by atoms with E-state index in [1.54, 1.807) is 28.8 Å². The lowest BCUT2D eigenvalue weighted by atomic mass is 10.1. The zero-order valence-corrected chi connectivity index (χ0v) is 15.1. The summed E-state index contributed by atoms with van der Waals surface area (Å²) in [7, 11) is 0. The Hall–Kier alpha value is -2.54. The average Bonchev–Trinajstić information content (AvgIpc) is 3.11. The number of rotatable bonds is 3. The first-order valence-corrected chi connectivity index (χ1v) is 9.02. The van der Waals surface area contributed by atoms with E-state index in [4.69, 9.17) is 4.98 Å². The van der Waals surface area contributed by atoms with Crippen molar-refractivity contribution in [2.75, 3.05) is 0 Å². The third-order valence-corrected chi connectivity index (χ3v) is 5.75. The molecule has 0 saturated heterocycles. The van der Waals surface area contributed by atoms with E-state index in [2.05, 4.69) is 4.74 Å². The number of hydrogen-bond donors (Lipinski definition) is 0.